The second-order valence-electron chi connectivity index (χ2n) is 6.76. The predicted molar refractivity (Wildman–Crippen MR) is 102 cm³/mol. The Morgan fingerprint density at radius 2 is 1.74 bits per heavy atom. The average molecular weight is 384 g/mol. The van der Waals surface area contributed by atoms with Gasteiger partial charge in [-0.3, -0.25) is 14.9 Å². The van der Waals surface area contributed by atoms with Gasteiger partial charge in [0, 0.05) is 23.5 Å². The molecule has 0 unspecified atom stereocenters. The number of anilines is 1. The molecule has 0 bridgehead atoms. The van der Waals surface area contributed by atoms with Crippen LogP contribution in [0.5, 0.6) is 0 Å². The number of halogens is 1. The molecule has 138 valence electrons. The SMILES string of the molecule is O=C1NC(=O)N(c2ccc(Cl)cc2)C(=O)/C1=C\c1ccn(C2CCCC2)c1. The molecule has 2 aliphatic rings. The maximum atomic E-state index is 12.8. The van der Waals surface area contributed by atoms with E-state index in [0.29, 0.717) is 16.8 Å². The van der Waals surface area contributed by atoms with Crippen LogP contribution in [0.25, 0.3) is 6.08 Å². The fourth-order valence-electron chi connectivity index (χ4n) is 3.59. The Bertz CT molecular complexity index is 940. The van der Waals surface area contributed by atoms with E-state index < -0.39 is 17.8 Å². The summed E-state index contributed by atoms with van der Waals surface area (Å²) in [5.41, 5.74) is 1.03. The van der Waals surface area contributed by atoms with Crippen LogP contribution in [0.2, 0.25) is 5.02 Å². The van der Waals surface area contributed by atoms with Crippen LogP contribution in [0.3, 0.4) is 0 Å². The van der Waals surface area contributed by atoms with Crippen LogP contribution >= 0.6 is 11.6 Å². The van der Waals surface area contributed by atoms with Gasteiger partial charge in [0.2, 0.25) is 0 Å². The molecule has 6 nitrogen and oxygen atoms in total. The number of rotatable bonds is 3. The second kappa shape index (κ2) is 7.04. The number of imide groups is 2. The minimum atomic E-state index is -0.770. The molecule has 0 atom stereocenters. The van der Waals surface area contributed by atoms with Crippen molar-refractivity contribution in [2.45, 2.75) is 31.7 Å². The second-order valence-corrected chi connectivity index (χ2v) is 7.20. The van der Waals surface area contributed by atoms with Gasteiger partial charge in [-0.25, -0.2) is 9.69 Å². The van der Waals surface area contributed by atoms with Crippen LogP contribution in [0.15, 0.2) is 48.3 Å². The zero-order valence-electron chi connectivity index (χ0n) is 14.5. The van der Waals surface area contributed by atoms with E-state index in [4.69, 9.17) is 11.6 Å². The Labute approximate surface area is 161 Å². The van der Waals surface area contributed by atoms with Crippen molar-refractivity contribution in [3.63, 3.8) is 0 Å². The highest BCUT2D eigenvalue weighted by Crippen LogP contribution is 2.30. The van der Waals surface area contributed by atoms with Gasteiger partial charge >= 0.3 is 6.03 Å². The fraction of sp³-hybridized carbons (Fsp3) is 0.250. The highest BCUT2D eigenvalue weighted by molar-refractivity contribution is 6.39. The van der Waals surface area contributed by atoms with E-state index in [1.807, 2.05) is 18.5 Å². The molecule has 2 aromatic rings. The predicted octanol–water partition coefficient (Wildman–Crippen LogP) is 3.92. The number of barbiturate groups is 1. The van der Waals surface area contributed by atoms with Gasteiger partial charge in [-0.1, -0.05) is 24.4 Å². The Morgan fingerprint density at radius 3 is 2.44 bits per heavy atom. The largest absolute Gasteiger partial charge is 0.351 e. The molecule has 1 saturated heterocycles. The number of nitrogens with zero attached hydrogens (tertiary/aromatic N) is 2. The summed E-state index contributed by atoms with van der Waals surface area (Å²) in [6, 6.07) is 7.86. The normalized spacial score (nSPS) is 19.8. The summed E-state index contributed by atoms with van der Waals surface area (Å²) in [5, 5.41) is 2.71. The number of carbonyl (C=O) groups excluding carboxylic acids is 3. The molecule has 1 saturated carbocycles. The van der Waals surface area contributed by atoms with E-state index in [-0.39, 0.29) is 5.57 Å². The van der Waals surface area contributed by atoms with Gasteiger partial charge in [0.1, 0.15) is 5.57 Å². The first-order valence-electron chi connectivity index (χ1n) is 8.87. The molecule has 1 N–H and O–H groups in total. The highest BCUT2D eigenvalue weighted by Gasteiger charge is 2.36. The van der Waals surface area contributed by atoms with Crippen molar-refractivity contribution in [3.05, 3.63) is 58.9 Å². The van der Waals surface area contributed by atoms with Gasteiger partial charge in [-0.05, 0) is 54.8 Å². The molecule has 1 aromatic carbocycles. The fourth-order valence-corrected chi connectivity index (χ4v) is 3.72. The van der Waals surface area contributed by atoms with Gasteiger partial charge < -0.3 is 4.57 Å². The van der Waals surface area contributed by atoms with E-state index >= 15 is 0 Å². The van der Waals surface area contributed by atoms with Crippen molar-refractivity contribution >= 4 is 41.2 Å². The van der Waals surface area contributed by atoms with Crippen molar-refractivity contribution in [1.82, 2.24) is 9.88 Å². The molecule has 2 fully saturated rings. The minimum absolute atomic E-state index is 0.0753. The number of aromatic nitrogens is 1. The van der Waals surface area contributed by atoms with Crippen LogP contribution in [0, 0.1) is 0 Å². The van der Waals surface area contributed by atoms with Crippen LogP contribution in [-0.2, 0) is 9.59 Å². The lowest BCUT2D eigenvalue weighted by Crippen LogP contribution is -2.54. The number of carbonyl (C=O) groups is 3. The number of hydrogen-bond donors (Lipinski definition) is 1. The Kier molecular flexibility index (Phi) is 4.58. The average Bonchev–Trinajstić information content (AvgIpc) is 3.31. The molecule has 1 aromatic heterocycles. The first kappa shape index (κ1) is 17.5. The number of benzene rings is 1. The van der Waals surface area contributed by atoms with Gasteiger partial charge in [-0.2, -0.15) is 0 Å². The molecule has 0 spiro atoms. The molecule has 1 aliphatic heterocycles. The van der Waals surface area contributed by atoms with E-state index in [1.54, 1.807) is 24.3 Å². The number of nitrogens with one attached hydrogen (secondary N) is 1. The smallest absolute Gasteiger partial charge is 0.335 e. The van der Waals surface area contributed by atoms with Crippen molar-refractivity contribution in [3.8, 4) is 0 Å². The summed E-state index contributed by atoms with van der Waals surface area (Å²) in [6.07, 6.45) is 10.2. The molecule has 1 aliphatic carbocycles. The summed E-state index contributed by atoms with van der Waals surface area (Å²) >= 11 is 5.87. The Morgan fingerprint density at radius 1 is 1.04 bits per heavy atom. The summed E-state index contributed by atoms with van der Waals surface area (Å²) < 4.78 is 2.13. The van der Waals surface area contributed by atoms with E-state index in [1.165, 1.54) is 18.9 Å². The summed E-state index contributed by atoms with van der Waals surface area (Å²) in [5.74, 6) is -1.34. The van der Waals surface area contributed by atoms with Crippen molar-refractivity contribution in [2.24, 2.45) is 0 Å². The van der Waals surface area contributed by atoms with Crippen LogP contribution in [-0.4, -0.2) is 22.4 Å². The molecule has 2 heterocycles. The Hall–Kier alpha value is -2.86. The van der Waals surface area contributed by atoms with E-state index in [0.717, 1.165) is 23.3 Å². The topological polar surface area (TPSA) is 71.4 Å². The molecule has 0 radical (unpaired) electrons. The number of amides is 4. The summed E-state index contributed by atoms with van der Waals surface area (Å²) in [4.78, 5) is 38.2. The van der Waals surface area contributed by atoms with Gasteiger partial charge in [0.15, 0.2) is 0 Å². The van der Waals surface area contributed by atoms with E-state index in [2.05, 4.69) is 9.88 Å². The third kappa shape index (κ3) is 3.40. The molecule has 7 heteroatoms. The molecule has 27 heavy (non-hydrogen) atoms. The highest BCUT2D eigenvalue weighted by atomic mass is 35.5. The van der Waals surface area contributed by atoms with Crippen LogP contribution in [0.4, 0.5) is 10.5 Å². The minimum Gasteiger partial charge on any atom is -0.351 e. The van der Waals surface area contributed by atoms with Crippen molar-refractivity contribution < 1.29 is 14.4 Å². The third-order valence-corrected chi connectivity index (χ3v) is 5.23. The summed E-state index contributed by atoms with van der Waals surface area (Å²) in [6.45, 7) is 0. The molecular formula is C20H18ClN3O3. The zero-order chi connectivity index (χ0) is 19.0. The quantitative estimate of drug-likeness (QED) is 0.645. The van der Waals surface area contributed by atoms with Crippen molar-refractivity contribution in [1.29, 1.82) is 0 Å². The van der Waals surface area contributed by atoms with E-state index in [9.17, 15) is 14.4 Å². The third-order valence-electron chi connectivity index (χ3n) is 4.98. The van der Waals surface area contributed by atoms with Crippen LogP contribution in [0.1, 0.15) is 37.3 Å². The Balaban J connectivity index is 1.64. The van der Waals surface area contributed by atoms with Crippen LogP contribution < -0.4 is 10.2 Å². The molecule has 4 rings (SSSR count). The standard InChI is InChI=1S/C20H18ClN3O3/c21-14-5-7-16(8-6-14)24-19(26)17(18(25)22-20(24)27)11-13-9-10-23(12-13)15-3-1-2-4-15/h5-12,15H,1-4H2,(H,22,25,27)/b17-11-. The van der Waals surface area contributed by atoms with Crippen molar-refractivity contribution in [2.75, 3.05) is 4.90 Å². The lowest BCUT2D eigenvalue weighted by atomic mass is 10.1. The number of urea groups is 1. The lowest BCUT2D eigenvalue weighted by Gasteiger charge is -2.26. The molecule has 4 amide bonds. The lowest BCUT2D eigenvalue weighted by molar-refractivity contribution is -0.122. The van der Waals surface area contributed by atoms with Gasteiger partial charge in [-0.15, -0.1) is 0 Å². The number of hydrogen-bond acceptors (Lipinski definition) is 3. The van der Waals surface area contributed by atoms with Gasteiger partial charge in [0.25, 0.3) is 11.8 Å². The first-order chi connectivity index (χ1) is 13.0. The maximum Gasteiger partial charge on any atom is 0.335 e. The monoisotopic (exact) mass is 383 g/mol. The molecular weight excluding hydrogens is 366 g/mol. The van der Waals surface area contributed by atoms with Gasteiger partial charge in [0.05, 0.1) is 5.69 Å². The summed E-state index contributed by atoms with van der Waals surface area (Å²) in [7, 11) is 0. The first-order valence-corrected chi connectivity index (χ1v) is 9.25. The maximum absolute atomic E-state index is 12.8. The zero-order valence-corrected chi connectivity index (χ0v) is 15.3.